The standard InChI is InChI=1S/C14H20N2O/c1-15-14(17)13(11-7-3-2-4-8-11)12-9-5-6-10-16-12/h2-4,7-8,12-13,16H,5-6,9-10H2,1H3,(H,15,17). The molecule has 1 fully saturated rings. The molecule has 2 unspecified atom stereocenters. The first-order valence-corrected chi connectivity index (χ1v) is 6.33. The van der Waals surface area contributed by atoms with Crippen molar-refractivity contribution >= 4 is 5.91 Å². The van der Waals surface area contributed by atoms with E-state index in [-0.39, 0.29) is 17.9 Å². The van der Waals surface area contributed by atoms with E-state index in [0.29, 0.717) is 0 Å². The summed E-state index contributed by atoms with van der Waals surface area (Å²) >= 11 is 0. The summed E-state index contributed by atoms with van der Waals surface area (Å²) in [6.07, 6.45) is 3.50. The van der Waals surface area contributed by atoms with Gasteiger partial charge in [-0.3, -0.25) is 4.79 Å². The fraction of sp³-hybridized carbons (Fsp3) is 0.500. The highest BCUT2D eigenvalue weighted by molar-refractivity contribution is 5.84. The Labute approximate surface area is 103 Å². The third-order valence-corrected chi connectivity index (χ3v) is 3.44. The molecule has 0 radical (unpaired) electrons. The van der Waals surface area contributed by atoms with Gasteiger partial charge in [-0.1, -0.05) is 36.8 Å². The molecule has 17 heavy (non-hydrogen) atoms. The second-order valence-electron chi connectivity index (χ2n) is 4.56. The summed E-state index contributed by atoms with van der Waals surface area (Å²) in [5.74, 6) is 0.0390. The summed E-state index contributed by atoms with van der Waals surface area (Å²) < 4.78 is 0. The van der Waals surface area contributed by atoms with Crippen molar-refractivity contribution in [1.82, 2.24) is 10.6 Å². The van der Waals surface area contributed by atoms with Crippen LogP contribution in [0.2, 0.25) is 0 Å². The molecular formula is C14H20N2O. The number of carbonyl (C=O) groups excluding carboxylic acids is 1. The molecule has 3 heteroatoms. The maximum Gasteiger partial charge on any atom is 0.228 e. The number of amides is 1. The molecule has 0 aliphatic carbocycles. The highest BCUT2D eigenvalue weighted by Crippen LogP contribution is 2.25. The minimum absolute atomic E-state index is 0.0681. The van der Waals surface area contributed by atoms with E-state index in [2.05, 4.69) is 10.6 Å². The normalized spacial score (nSPS) is 21.8. The minimum Gasteiger partial charge on any atom is -0.359 e. The van der Waals surface area contributed by atoms with Gasteiger partial charge in [-0.05, 0) is 24.9 Å². The zero-order chi connectivity index (χ0) is 12.1. The fourth-order valence-corrected chi connectivity index (χ4v) is 2.55. The van der Waals surface area contributed by atoms with E-state index >= 15 is 0 Å². The Bertz CT molecular complexity index is 358. The van der Waals surface area contributed by atoms with E-state index in [1.165, 1.54) is 12.8 Å². The molecule has 1 aliphatic rings. The van der Waals surface area contributed by atoms with Crippen molar-refractivity contribution in [3.63, 3.8) is 0 Å². The van der Waals surface area contributed by atoms with Crippen LogP contribution in [0.15, 0.2) is 30.3 Å². The summed E-state index contributed by atoms with van der Waals surface area (Å²) in [7, 11) is 1.71. The Hall–Kier alpha value is -1.35. The van der Waals surface area contributed by atoms with Gasteiger partial charge >= 0.3 is 0 Å². The quantitative estimate of drug-likeness (QED) is 0.832. The van der Waals surface area contributed by atoms with Gasteiger partial charge in [0.1, 0.15) is 0 Å². The number of nitrogens with one attached hydrogen (secondary N) is 2. The Morgan fingerprint density at radius 1 is 1.35 bits per heavy atom. The second kappa shape index (κ2) is 5.82. The van der Waals surface area contributed by atoms with Crippen LogP contribution < -0.4 is 10.6 Å². The van der Waals surface area contributed by atoms with Crippen molar-refractivity contribution in [2.75, 3.05) is 13.6 Å². The van der Waals surface area contributed by atoms with E-state index < -0.39 is 0 Å². The summed E-state index contributed by atoms with van der Waals surface area (Å²) in [6.45, 7) is 1.02. The molecular weight excluding hydrogens is 212 g/mol. The first-order valence-electron chi connectivity index (χ1n) is 6.33. The molecule has 0 aromatic heterocycles. The predicted molar refractivity (Wildman–Crippen MR) is 68.9 cm³/mol. The molecule has 3 nitrogen and oxygen atoms in total. The van der Waals surface area contributed by atoms with Crippen LogP contribution >= 0.6 is 0 Å². The lowest BCUT2D eigenvalue weighted by atomic mass is 9.86. The first-order chi connectivity index (χ1) is 8.33. The lowest BCUT2D eigenvalue weighted by Gasteiger charge is -2.30. The number of carbonyl (C=O) groups is 1. The number of hydrogen-bond acceptors (Lipinski definition) is 2. The zero-order valence-electron chi connectivity index (χ0n) is 10.3. The van der Waals surface area contributed by atoms with Gasteiger partial charge in [-0.15, -0.1) is 0 Å². The molecule has 1 aliphatic heterocycles. The fourth-order valence-electron chi connectivity index (χ4n) is 2.55. The smallest absolute Gasteiger partial charge is 0.228 e. The predicted octanol–water partition coefficient (Wildman–Crippen LogP) is 1.66. The summed E-state index contributed by atoms with van der Waals surface area (Å²) in [5.41, 5.74) is 1.10. The van der Waals surface area contributed by atoms with Crippen LogP contribution in [0.5, 0.6) is 0 Å². The first kappa shape index (κ1) is 12.1. The SMILES string of the molecule is CNC(=O)C(c1ccccc1)C1CCCCN1. The summed E-state index contributed by atoms with van der Waals surface area (Å²) in [5, 5.41) is 6.25. The highest BCUT2D eigenvalue weighted by atomic mass is 16.1. The molecule has 2 N–H and O–H groups in total. The molecule has 92 valence electrons. The molecule has 1 amide bonds. The molecule has 0 spiro atoms. The van der Waals surface area contributed by atoms with E-state index in [1.807, 2.05) is 30.3 Å². The van der Waals surface area contributed by atoms with E-state index in [1.54, 1.807) is 7.05 Å². The van der Waals surface area contributed by atoms with Crippen LogP contribution in [0.25, 0.3) is 0 Å². The molecule has 2 atom stereocenters. The lowest BCUT2D eigenvalue weighted by Crippen LogP contribution is -2.44. The van der Waals surface area contributed by atoms with Gasteiger partial charge < -0.3 is 10.6 Å². The monoisotopic (exact) mass is 232 g/mol. The lowest BCUT2D eigenvalue weighted by molar-refractivity contribution is -0.122. The molecule has 2 rings (SSSR count). The van der Waals surface area contributed by atoms with Crippen LogP contribution in [0, 0.1) is 0 Å². The average molecular weight is 232 g/mol. The number of rotatable bonds is 3. The van der Waals surface area contributed by atoms with Crippen LogP contribution in [0.4, 0.5) is 0 Å². The number of hydrogen-bond donors (Lipinski definition) is 2. The third-order valence-electron chi connectivity index (χ3n) is 3.44. The van der Waals surface area contributed by atoms with Crippen LogP contribution in [0.1, 0.15) is 30.7 Å². The van der Waals surface area contributed by atoms with Crippen LogP contribution in [-0.2, 0) is 4.79 Å². The Morgan fingerprint density at radius 2 is 2.12 bits per heavy atom. The molecule has 0 bridgehead atoms. The molecule has 0 saturated carbocycles. The molecule has 1 aromatic carbocycles. The summed E-state index contributed by atoms with van der Waals surface area (Å²) in [6, 6.07) is 10.3. The van der Waals surface area contributed by atoms with Crippen molar-refractivity contribution in [2.24, 2.45) is 0 Å². The Kier molecular flexibility index (Phi) is 4.15. The Balaban J connectivity index is 2.21. The maximum atomic E-state index is 12.1. The van der Waals surface area contributed by atoms with Gasteiger partial charge in [-0.2, -0.15) is 0 Å². The van der Waals surface area contributed by atoms with Gasteiger partial charge in [0.15, 0.2) is 0 Å². The van der Waals surface area contributed by atoms with Crippen molar-refractivity contribution in [2.45, 2.75) is 31.2 Å². The molecule has 1 heterocycles. The van der Waals surface area contributed by atoms with Gasteiger partial charge in [0.25, 0.3) is 0 Å². The third kappa shape index (κ3) is 2.86. The van der Waals surface area contributed by atoms with Crippen LogP contribution in [-0.4, -0.2) is 25.5 Å². The average Bonchev–Trinajstić information content (AvgIpc) is 2.41. The number of benzene rings is 1. The van der Waals surface area contributed by atoms with Gasteiger partial charge in [0.05, 0.1) is 5.92 Å². The minimum atomic E-state index is -0.0681. The largest absolute Gasteiger partial charge is 0.359 e. The highest BCUT2D eigenvalue weighted by Gasteiger charge is 2.29. The van der Waals surface area contributed by atoms with E-state index in [0.717, 1.165) is 18.5 Å². The van der Waals surface area contributed by atoms with Crippen molar-refractivity contribution in [3.8, 4) is 0 Å². The van der Waals surface area contributed by atoms with Gasteiger partial charge in [0, 0.05) is 13.1 Å². The van der Waals surface area contributed by atoms with Crippen molar-refractivity contribution in [3.05, 3.63) is 35.9 Å². The summed E-state index contributed by atoms with van der Waals surface area (Å²) in [4.78, 5) is 12.1. The number of piperidine rings is 1. The molecule has 1 aromatic rings. The maximum absolute atomic E-state index is 12.1. The van der Waals surface area contributed by atoms with Gasteiger partial charge in [-0.25, -0.2) is 0 Å². The second-order valence-corrected chi connectivity index (χ2v) is 4.56. The van der Waals surface area contributed by atoms with E-state index in [9.17, 15) is 4.79 Å². The Morgan fingerprint density at radius 3 is 2.71 bits per heavy atom. The van der Waals surface area contributed by atoms with E-state index in [4.69, 9.17) is 0 Å². The van der Waals surface area contributed by atoms with Crippen molar-refractivity contribution in [1.29, 1.82) is 0 Å². The van der Waals surface area contributed by atoms with Gasteiger partial charge in [0.2, 0.25) is 5.91 Å². The van der Waals surface area contributed by atoms with Crippen LogP contribution in [0.3, 0.4) is 0 Å². The zero-order valence-corrected chi connectivity index (χ0v) is 10.3. The number of likely N-dealkylation sites (N-methyl/N-ethyl adjacent to an activating group) is 1. The van der Waals surface area contributed by atoms with Crippen molar-refractivity contribution < 1.29 is 4.79 Å². The topological polar surface area (TPSA) is 41.1 Å². The molecule has 1 saturated heterocycles.